The van der Waals surface area contributed by atoms with Crippen LogP contribution >= 0.6 is 23.7 Å². The predicted molar refractivity (Wildman–Crippen MR) is 135 cm³/mol. The standard InChI is InChI=1S/C22H32ClN5O4S2/c1-4-16(18-11-14(12-32-18)13(2)3)24-21-22(27-33-26-21)25-17-8-7-15(23)20(19(17)29)34(30,31)28-9-5-6-10-28/h7-8,12-13,16,18,21,24,26,29H,4-6,9-11H2,1-3H3,(H,25,27)/t16-,18?,21?/m1/s1. The number of phenolic OH excluding ortho intramolecular Hbond substituents is 1. The van der Waals surface area contributed by atoms with Crippen LogP contribution < -0.4 is 14.8 Å². The number of rotatable bonds is 8. The van der Waals surface area contributed by atoms with Crippen LogP contribution in [0.25, 0.3) is 0 Å². The summed E-state index contributed by atoms with van der Waals surface area (Å²) in [5.41, 5.74) is 1.43. The number of amidine groups is 1. The van der Waals surface area contributed by atoms with Gasteiger partial charge in [-0.2, -0.15) is 4.31 Å². The molecule has 188 valence electrons. The van der Waals surface area contributed by atoms with Gasteiger partial charge in [-0.05, 0) is 42.9 Å². The van der Waals surface area contributed by atoms with Gasteiger partial charge in [-0.3, -0.25) is 5.32 Å². The molecule has 2 saturated heterocycles. The average molecular weight is 530 g/mol. The van der Waals surface area contributed by atoms with Crippen LogP contribution in [-0.4, -0.2) is 55.1 Å². The first-order valence-corrected chi connectivity index (χ1v) is 14.2. The fraction of sp³-hybridized carbons (Fsp3) is 0.591. The Bertz CT molecular complexity index is 1070. The zero-order valence-electron chi connectivity index (χ0n) is 19.5. The van der Waals surface area contributed by atoms with Gasteiger partial charge in [-0.15, -0.1) is 0 Å². The second kappa shape index (κ2) is 10.6. The van der Waals surface area contributed by atoms with E-state index < -0.39 is 15.8 Å². The molecule has 3 heterocycles. The molecular weight excluding hydrogens is 498 g/mol. The van der Waals surface area contributed by atoms with Crippen molar-refractivity contribution in [1.29, 1.82) is 0 Å². The highest BCUT2D eigenvalue weighted by Gasteiger charge is 2.35. The van der Waals surface area contributed by atoms with E-state index in [2.05, 4.69) is 40.5 Å². The second-order valence-corrected chi connectivity index (χ2v) is 11.9. The highest BCUT2D eigenvalue weighted by molar-refractivity contribution is 7.96. The third kappa shape index (κ3) is 5.19. The summed E-state index contributed by atoms with van der Waals surface area (Å²) < 4.78 is 39.8. The van der Waals surface area contributed by atoms with Crippen LogP contribution in [0.1, 0.15) is 46.5 Å². The van der Waals surface area contributed by atoms with E-state index in [-0.39, 0.29) is 33.9 Å². The van der Waals surface area contributed by atoms with Crippen molar-refractivity contribution in [2.45, 2.75) is 69.7 Å². The molecule has 1 aromatic rings. The molecule has 0 bridgehead atoms. The van der Waals surface area contributed by atoms with E-state index in [9.17, 15) is 13.5 Å². The third-order valence-electron chi connectivity index (χ3n) is 6.41. The molecule has 1 aromatic carbocycles. The summed E-state index contributed by atoms with van der Waals surface area (Å²) in [4.78, 5) is 4.26. The topological polar surface area (TPSA) is 115 Å². The van der Waals surface area contributed by atoms with Crippen molar-refractivity contribution in [3.63, 3.8) is 0 Å². The highest BCUT2D eigenvalue weighted by Crippen LogP contribution is 2.41. The van der Waals surface area contributed by atoms with Gasteiger partial charge in [0.05, 0.1) is 11.3 Å². The number of ether oxygens (including phenoxy) is 1. The van der Waals surface area contributed by atoms with Crippen molar-refractivity contribution in [3.05, 3.63) is 29.0 Å². The van der Waals surface area contributed by atoms with Crippen molar-refractivity contribution in [2.24, 2.45) is 10.9 Å². The number of aliphatic imine (C=N–C) groups is 1. The third-order valence-corrected chi connectivity index (χ3v) is 9.48. The second-order valence-electron chi connectivity index (χ2n) is 9.01. The lowest BCUT2D eigenvalue weighted by Gasteiger charge is -2.26. The number of nitrogens with zero attached hydrogens (tertiary/aromatic N) is 2. The van der Waals surface area contributed by atoms with Gasteiger partial charge in [0.25, 0.3) is 0 Å². The summed E-state index contributed by atoms with van der Waals surface area (Å²) in [6.07, 6.45) is 4.86. The minimum absolute atomic E-state index is 0.0206. The van der Waals surface area contributed by atoms with Gasteiger partial charge in [0.1, 0.15) is 28.7 Å². The van der Waals surface area contributed by atoms with Crippen LogP contribution in [0.15, 0.2) is 33.9 Å². The van der Waals surface area contributed by atoms with Gasteiger partial charge in [0.2, 0.25) is 10.0 Å². The fourth-order valence-corrected chi connectivity index (χ4v) is 7.06. The van der Waals surface area contributed by atoms with Gasteiger partial charge >= 0.3 is 0 Å². The summed E-state index contributed by atoms with van der Waals surface area (Å²) >= 11 is 7.49. The number of halogens is 1. The van der Waals surface area contributed by atoms with Crippen LogP contribution in [0.4, 0.5) is 5.69 Å². The number of sulfonamides is 1. The molecular formula is C22H32ClN5O4S2. The van der Waals surface area contributed by atoms with E-state index in [1.54, 1.807) is 0 Å². The number of hydrogen-bond donors (Lipinski definition) is 4. The number of benzene rings is 1. The molecule has 4 rings (SSSR count). The summed E-state index contributed by atoms with van der Waals surface area (Å²) in [6, 6.07) is 3.05. The maximum Gasteiger partial charge on any atom is 0.248 e. The molecule has 4 N–H and O–H groups in total. The van der Waals surface area contributed by atoms with E-state index in [1.807, 2.05) is 6.26 Å². The Balaban J connectivity index is 1.55. The van der Waals surface area contributed by atoms with Crippen LogP contribution in [0.2, 0.25) is 5.02 Å². The van der Waals surface area contributed by atoms with Crippen LogP contribution in [-0.2, 0) is 14.8 Å². The van der Waals surface area contributed by atoms with Gasteiger partial charge in [-0.25, -0.2) is 18.1 Å². The first-order valence-electron chi connectivity index (χ1n) is 11.6. The predicted octanol–water partition coefficient (Wildman–Crippen LogP) is 3.64. The van der Waals surface area contributed by atoms with E-state index in [4.69, 9.17) is 16.3 Å². The van der Waals surface area contributed by atoms with E-state index >= 15 is 0 Å². The molecule has 2 fully saturated rings. The number of aromatic hydroxyl groups is 1. The molecule has 2 unspecified atom stereocenters. The minimum atomic E-state index is -3.91. The van der Waals surface area contributed by atoms with Crippen LogP contribution in [0.3, 0.4) is 0 Å². The van der Waals surface area contributed by atoms with Gasteiger partial charge in [-0.1, -0.05) is 32.4 Å². The molecule has 9 nitrogen and oxygen atoms in total. The Morgan fingerprint density at radius 3 is 2.74 bits per heavy atom. The molecule has 0 amide bonds. The number of hydrogen-bond acceptors (Lipinski definition) is 8. The normalized spacial score (nSPS) is 25.6. The first kappa shape index (κ1) is 25.6. The summed E-state index contributed by atoms with van der Waals surface area (Å²) in [7, 11) is -3.91. The molecule has 0 aromatic heterocycles. The quantitative estimate of drug-likeness (QED) is 0.377. The monoisotopic (exact) mass is 529 g/mol. The number of phenols is 1. The molecule has 34 heavy (non-hydrogen) atoms. The summed E-state index contributed by atoms with van der Waals surface area (Å²) in [6.45, 7) is 7.25. The zero-order valence-corrected chi connectivity index (χ0v) is 21.9. The maximum absolute atomic E-state index is 13.1. The summed E-state index contributed by atoms with van der Waals surface area (Å²) in [5, 5.41) is 14.4. The van der Waals surface area contributed by atoms with Crippen LogP contribution in [0, 0.1) is 5.92 Å². The molecule has 3 atom stereocenters. The van der Waals surface area contributed by atoms with Gasteiger partial charge < -0.3 is 14.6 Å². The molecule has 12 heteroatoms. The zero-order chi connectivity index (χ0) is 24.5. The molecule has 0 saturated carbocycles. The maximum atomic E-state index is 13.1. The smallest absolute Gasteiger partial charge is 0.248 e. The van der Waals surface area contributed by atoms with Gasteiger partial charge in [0, 0.05) is 37.7 Å². The summed E-state index contributed by atoms with van der Waals surface area (Å²) in [5.74, 6) is 0.530. The Kier molecular flexibility index (Phi) is 8.00. The van der Waals surface area contributed by atoms with Gasteiger partial charge in [0.15, 0.2) is 5.75 Å². The lowest BCUT2D eigenvalue weighted by Crippen LogP contribution is -2.51. The van der Waals surface area contributed by atoms with Crippen molar-refractivity contribution in [3.8, 4) is 5.75 Å². The largest absolute Gasteiger partial charge is 0.504 e. The first-order chi connectivity index (χ1) is 16.2. The fourth-order valence-electron chi connectivity index (χ4n) is 4.33. The van der Waals surface area contributed by atoms with Crippen LogP contribution in [0.5, 0.6) is 5.75 Å². The molecule has 0 spiro atoms. The molecule has 3 aliphatic heterocycles. The van der Waals surface area contributed by atoms with E-state index in [0.717, 1.165) is 25.7 Å². The van der Waals surface area contributed by atoms with Crippen molar-refractivity contribution in [1.82, 2.24) is 19.1 Å². The van der Waals surface area contributed by atoms with Crippen molar-refractivity contribution < 1.29 is 18.3 Å². The number of nitrogens with one attached hydrogen (secondary N) is 3. The Hall–Kier alpha value is -1.50. The highest BCUT2D eigenvalue weighted by atomic mass is 35.5. The van der Waals surface area contributed by atoms with Crippen molar-refractivity contribution >= 4 is 45.3 Å². The Morgan fingerprint density at radius 1 is 1.35 bits per heavy atom. The SMILES string of the molecule is CC[C@@H](NC1NSNC1=Nc1ccc(Cl)c(S(=O)(=O)N2CCCC2)c1O)C1CC(C(C)C)=CO1. The molecule has 3 aliphatic rings. The lowest BCUT2D eigenvalue weighted by atomic mass is 9.96. The Labute approximate surface area is 210 Å². The lowest BCUT2D eigenvalue weighted by molar-refractivity contribution is 0.121. The average Bonchev–Trinajstić information content (AvgIpc) is 3.56. The Morgan fingerprint density at radius 2 is 2.09 bits per heavy atom. The molecule has 0 aliphatic carbocycles. The van der Waals surface area contributed by atoms with E-state index in [0.29, 0.717) is 24.8 Å². The van der Waals surface area contributed by atoms with Crippen molar-refractivity contribution in [2.75, 3.05) is 13.1 Å². The van der Waals surface area contributed by atoms with E-state index in [1.165, 1.54) is 34.1 Å². The molecule has 0 radical (unpaired) electrons. The minimum Gasteiger partial charge on any atom is -0.504 e.